The van der Waals surface area contributed by atoms with Gasteiger partial charge in [-0.05, 0) is 30.7 Å². The predicted molar refractivity (Wildman–Crippen MR) is 112 cm³/mol. The van der Waals surface area contributed by atoms with Gasteiger partial charge in [0.15, 0.2) is 16.8 Å². The minimum atomic E-state index is -0.152. The van der Waals surface area contributed by atoms with Gasteiger partial charge in [-0.3, -0.25) is 9.55 Å². The number of hydrogen-bond acceptors (Lipinski definition) is 7. The van der Waals surface area contributed by atoms with Crippen LogP contribution in [0.5, 0.6) is 0 Å². The lowest BCUT2D eigenvalue weighted by molar-refractivity contribution is 0.372. The molecular weight excluding hydrogens is 384 g/mol. The van der Waals surface area contributed by atoms with Crippen molar-refractivity contribution in [1.82, 2.24) is 29.9 Å². The number of aromatic nitrogens is 6. The fraction of sp³-hybridized carbons (Fsp3) is 0.286. The van der Waals surface area contributed by atoms with E-state index >= 15 is 0 Å². The first kappa shape index (κ1) is 19.3. The Morgan fingerprint density at radius 2 is 1.90 bits per heavy atom. The summed E-state index contributed by atoms with van der Waals surface area (Å²) >= 11 is 1.52. The second-order valence-corrected chi connectivity index (χ2v) is 8.66. The maximum absolute atomic E-state index is 5.42. The zero-order valence-electron chi connectivity index (χ0n) is 16.8. The Bertz CT molecular complexity index is 1110. The van der Waals surface area contributed by atoms with E-state index in [0.717, 1.165) is 27.8 Å². The Kier molecular flexibility index (Phi) is 5.19. The van der Waals surface area contributed by atoms with E-state index in [4.69, 9.17) is 4.52 Å². The molecule has 0 radical (unpaired) electrons. The lowest BCUT2D eigenvalue weighted by Gasteiger charge is -2.12. The van der Waals surface area contributed by atoms with Gasteiger partial charge in [-0.15, -0.1) is 10.2 Å². The molecule has 0 aliphatic carbocycles. The smallest absolute Gasteiger partial charge is 0.237 e. The highest BCUT2D eigenvalue weighted by atomic mass is 32.2. The maximum Gasteiger partial charge on any atom is 0.237 e. The van der Waals surface area contributed by atoms with Crippen molar-refractivity contribution in [2.24, 2.45) is 0 Å². The summed E-state index contributed by atoms with van der Waals surface area (Å²) in [6.45, 7) is 8.25. The van der Waals surface area contributed by atoms with Crippen molar-refractivity contribution in [3.63, 3.8) is 0 Å². The topological polar surface area (TPSA) is 82.5 Å². The Hall–Kier alpha value is -3.00. The van der Waals surface area contributed by atoms with Crippen LogP contribution in [-0.2, 0) is 11.2 Å². The Balaban J connectivity index is 1.70. The molecule has 3 aromatic heterocycles. The summed E-state index contributed by atoms with van der Waals surface area (Å²) in [5.41, 5.74) is 2.91. The van der Waals surface area contributed by atoms with E-state index in [0.29, 0.717) is 17.5 Å². The molecule has 4 rings (SSSR count). The first-order chi connectivity index (χ1) is 13.9. The third-order valence-electron chi connectivity index (χ3n) is 4.37. The minimum Gasteiger partial charge on any atom is -0.338 e. The highest BCUT2D eigenvalue weighted by Gasteiger charge is 2.22. The van der Waals surface area contributed by atoms with E-state index in [2.05, 4.69) is 69.7 Å². The van der Waals surface area contributed by atoms with Crippen LogP contribution in [0.1, 0.15) is 38.0 Å². The summed E-state index contributed by atoms with van der Waals surface area (Å²) in [7, 11) is 0. The number of hydrogen-bond donors (Lipinski definition) is 0. The number of nitrogens with zero attached hydrogens (tertiary/aromatic N) is 6. The highest BCUT2D eigenvalue weighted by Crippen LogP contribution is 2.31. The minimum absolute atomic E-state index is 0.152. The molecule has 4 aromatic rings. The van der Waals surface area contributed by atoms with Crippen molar-refractivity contribution < 1.29 is 4.52 Å². The first-order valence-corrected chi connectivity index (χ1v) is 10.3. The van der Waals surface area contributed by atoms with E-state index in [1.807, 2.05) is 24.3 Å². The molecule has 0 aliphatic rings. The van der Waals surface area contributed by atoms with E-state index in [-0.39, 0.29) is 5.41 Å². The molecule has 0 fully saturated rings. The second-order valence-electron chi connectivity index (χ2n) is 7.72. The average molecular weight is 407 g/mol. The van der Waals surface area contributed by atoms with Crippen LogP contribution >= 0.6 is 11.8 Å². The van der Waals surface area contributed by atoms with Gasteiger partial charge in [0.2, 0.25) is 5.89 Å². The molecule has 0 atom stereocenters. The van der Waals surface area contributed by atoms with Crippen LogP contribution in [-0.4, -0.2) is 29.9 Å². The number of benzene rings is 1. The van der Waals surface area contributed by atoms with Gasteiger partial charge in [0.05, 0.1) is 11.4 Å². The number of aryl methyl sites for hydroxylation is 1. The van der Waals surface area contributed by atoms with E-state index in [1.54, 1.807) is 12.4 Å². The van der Waals surface area contributed by atoms with Crippen LogP contribution in [0.15, 0.2) is 58.5 Å². The first-order valence-electron chi connectivity index (χ1n) is 9.31. The number of pyridine rings is 1. The van der Waals surface area contributed by atoms with Gasteiger partial charge in [0, 0.05) is 23.4 Å². The summed E-state index contributed by atoms with van der Waals surface area (Å²) in [6.07, 6.45) is 3.54. The van der Waals surface area contributed by atoms with Crippen molar-refractivity contribution in [3.8, 4) is 17.1 Å². The van der Waals surface area contributed by atoms with Crippen LogP contribution in [0.4, 0.5) is 0 Å². The Labute approximate surface area is 173 Å². The monoisotopic (exact) mass is 406 g/mol. The summed E-state index contributed by atoms with van der Waals surface area (Å²) in [6, 6.07) is 12.0. The zero-order valence-corrected chi connectivity index (χ0v) is 17.6. The summed E-state index contributed by atoms with van der Waals surface area (Å²) in [5, 5.41) is 13.7. The summed E-state index contributed by atoms with van der Waals surface area (Å²) in [5.74, 6) is 2.53. The van der Waals surface area contributed by atoms with Crippen LogP contribution in [0.25, 0.3) is 17.1 Å². The van der Waals surface area contributed by atoms with Crippen LogP contribution in [0, 0.1) is 6.92 Å². The SMILES string of the molecule is Cc1ccccc1-n1c(SCc2nc(C(C)(C)C)no2)nnc1-c1cccnc1. The van der Waals surface area contributed by atoms with Crippen molar-refractivity contribution in [2.45, 2.75) is 44.0 Å². The molecule has 0 aliphatic heterocycles. The number of para-hydroxylation sites is 1. The summed E-state index contributed by atoms with van der Waals surface area (Å²) < 4.78 is 7.48. The summed E-state index contributed by atoms with van der Waals surface area (Å²) in [4.78, 5) is 8.74. The Morgan fingerprint density at radius 3 is 2.59 bits per heavy atom. The predicted octanol–water partition coefficient (Wildman–Crippen LogP) is 4.61. The molecule has 0 unspecified atom stereocenters. The fourth-order valence-electron chi connectivity index (χ4n) is 2.82. The average Bonchev–Trinajstić information content (AvgIpc) is 3.34. The van der Waals surface area contributed by atoms with Crippen LogP contribution in [0.3, 0.4) is 0 Å². The van der Waals surface area contributed by atoms with Crippen LogP contribution in [0.2, 0.25) is 0 Å². The fourth-order valence-corrected chi connectivity index (χ4v) is 3.60. The maximum atomic E-state index is 5.42. The second kappa shape index (κ2) is 7.79. The standard InChI is InChI=1S/C21H22N6OS/c1-14-8-5-6-10-16(14)27-18(15-9-7-11-22-12-15)24-25-20(27)29-13-17-23-19(26-28-17)21(2,3)4/h5-12H,13H2,1-4H3. The van der Waals surface area contributed by atoms with Gasteiger partial charge in [-0.25, -0.2) is 0 Å². The highest BCUT2D eigenvalue weighted by molar-refractivity contribution is 7.98. The number of thioether (sulfide) groups is 1. The zero-order chi connectivity index (χ0) is 20.4. The van der Waals surface area contributed by atoms with Crippen molar-refractivity contribution >= 4 is 11.8 Å². The largest absolute Gasteiger partial charge is 0.338 e. The molecule has 7 nitrogen and oxygen atoms in total. The van der Waals surface area contributed by atoms with Gasteiger partial charge in [-0.2, -0.15) is 4.98 Å². The van der Waals surface area contributed by atoms with Gasteiger partial charge in [0.1, 0.15) is 0 Å². The van der Waals surface area contributed by atoms with Crippen molar-refractivity contribution in [3.05, 3.63) is 66.1 Å². The van der Waals surface area contributed by atoms with Crippen LogP contribution < -0.4 is 0 Å². The van der Waals surface area contributed by atoms with E-state index in [1.165, 1.54) is 11.8 Å². The molecule has 0 amide bonds. The van der Waals surface area contributed by atoms with Crippen molar-refractivity contribution in [2.75, 3.05) is 0 Å². The molecule has 1 aromatic carbocycles. The third kappa shape index (κ3) is 4.07. The molecule has 0 saturated heterocycles. The Morgan fingerprint density at radius 1 is 1.07 bits per heavy atom. The molecule has 8 heteroatoms. The van der Waals surface area contributed by atoms with E-state index in [9.17, 15) is 0 Å². The van der Waals surface area contributed by atoms with Crippen molar-refractivity contribution in [1.29, 1.82) is 0 Å². The molecule has 3 heterocycles. The molecule has 0 spiro atoms. The van der Waals surface area contributed by atoms with Gasteiger partial charge in [-0.1, -0.05) is 55.9 Å². The quantitative estimate of drug-likeness (QED) is 0.448. The third-order valence-corrected chi connectivity index (χ3v) is 5.29. The molecule has 0 bridgehead atoms. The normalized spacial score (nSPS) is 11.7. The molecule has 0 saturated carbocycles. The van der Waals surface area contributed by atoms with E-state index < -0.39 is 0 Å². The number of rotatable bonds is 5. The molecule has 0 N–H and O–H groups in total. The molecule has 29 heavy (non-hydrogen) atoms. The van der Waals surface area contributed by atoms with Gasteiger partial charge < -0.3 is 4.52 Å². The lowest BCUT2D eigenvalue weighted by Crippen LogP contribution is -2.13. The van der Waals surface area contributed by atoms with Gasteiger partial charge >= 0.3 is 0 Å². The molecule has 148 valence electrons. The van der Waals surface area contributed by atoms with Gasteiger partial charge in [0.25, 0.3) is 0 Å². The lowest BCUT2D eigenvalue weighted by atomic mass is 9.96. The molecular formula is C21H22N6OS.